The zero-order valence-electron chi connectivity index (χ0n) is 14.2. The average Bonchev–Trinajstić information content (AvgIpc) is 3.36. The maximum Gasteiger partial charge on any atom is 0.255 e. The summed E-state index contributed by atoms with van der Waals surface area (Å²) in [7, 11) is -3.37. The summed E-state index contributed by atoms with van der Waals surface area (Å²) < 4.78 is 23.4. The van der Waals surface area contributed by atoms with Gasteiger partial charge in [-0.25, -0.2) is 8.42 Å². The van der Waals surface area contributed by atoms with Crippen LogP contribution in [0.4, 0.5) is 5.69 Å². The zero-order valence-corrected chi connectivity index (χ0v) is 15.1. The fourth-order valence-electron chi connectivity index (χ4n) is 2.87. The second-order valence-electron chi connectivity index (χ2n) is 6.72. The van der Waals surface area contributed by atoms with Gasteiger partial charge in [-0.3, -0.25) is 4.79 Å². The summed E-state index contributed by atoms with van der Waals surface area (Å²) in [5.41, 5.74) is 2.64. The minimum absolute atomic E-state index is 0.108. The molecule has 5 nitrogen and oxygen atoms in total. The molecule has 1 aliphatic rings. The summed E-state index contributed by atoms with van der Waals surface area (Å²) in [6, 6.07) is 12.0. The fraction of sp³-hybridized carbons (Fsp3) is 0.316. The number of hydrogen-bond acceptors (Lipinski definition) is 4. The Kier molecular flexibility index (Phi) is 4.43. The van der Waals surface area contributed by atoms with E-state index in [-0.39, 0.29) is 22.8 Å². The summed E-state index contributed by atoms with van der Waals surface area (Å²) in [5, 5.41) is 12.3. The molecule has 6 heteroatoms. The molecule has 1 fully saturated rings. The van der Waals surface area contributed by atoms with Gasteiger partial charge in [-0.15, -0.1) is 0 Å². The molecule has 0 heterocycles. The number of hydrogen-bond donors (Lipinski definition) is 2. The van der Waals surface area contributed by atoms with Gasteiger partial charge < -0.3 is 10.4 Å². The lowest BCUT2D eigenvalue weighted by Gasteiger charge is -2.13. The van der Waals surface area contributed by atoms with Crippen molar-refractivity contribution in [3.05, 3.63) is 59.2 Å². The van der Waals surface area contributed by atoms with E-state index >= 15 is 0 Å². The second-order valence-corrected chi connectivity index (χ2v) is 8.73. The van der Waals surface area contributed by atoms with Gasteiger partial charge in [0.15, 0.2) is 9.84 Å². The number of carbonyl (C=O) groups excluding carboxylic acids is 1. The minimum Gasteiger partial charge on any atom is -0.395 e. The van der Waals surface area contributed by atoms with Crippen molar-refractivity contribution in [2.45, 2.75) is 30.1 Å². The van der Waals surface area contributed by atoms with E-state index in [0.717, 1.165) is 24.7 Å². The van der Waals surface area contributed by atoms with Gasteiger partial charge in [0.25, 0.3) is 5.91 Å². The Morgan fingerprint density at radius 1 is 1.16 bits per heavy atom. The monoisotopic (exact) mass is 359 g/mol. The third-order valence-corrected chi connectivity index (χ3v) is 5.90. The van der Waals surface area contributed by atoms with E-state index in [1.54, 1.807) is 25.1 Å². The Bertz CT molecular complexity index is 913. The molecule has 0 aromatic heterocycles. The Labute approximate surface area is 147 Å². The normalized spacial score (nSPS) is 15.6. The maximum absolute atomic E-state index is 12.5. The molecule has 1 saturated carbocycles. The van der Waals surface area contributed by atoms with Gasteiger partial charge in [-0.1, -0.05) is 18.2 Å². The Balaban J connectivity index is 1.81. The molecule has 0 bridgehead atoms. The van der Waals surface area contributed by atoms with Crippen molar-refractivity contribution >= 4 is 21.4 Å². The lowest BCUT2D eigenvalue weighted by molar-refractivity contribution is 0.102. The number of aliphatic hydroxyl groups is 1. The molecule has 2 aromatic rings. The van der Waals surface area contributed by atoms with Crippen LogP contribution in [0.25, 0.3) is 0 Å². The van der Waals surface area contributed by atoms with Gasteiger partial charge in [0.1, 0.15) is 0 Å². The predicted octanol–water partition coefficient (Wildman–Crippen LogP) is 2.67. The number of aryl methyl sites for hydroxylation is 1. The first kappa shape index (κ1) is 17.6. The van der Waals surface area contributed by atoms with E-state index in [0.29, 0.717) is 16.8 Å². The van der Waals surface area contributed by atoms with Crippen molar-refractivity contribution in [3.8, 4) is 0 Å². The molecule has 1 aliphatic carbocycles. The van der Waals surface area contributed by atoms with Crippen LogP contribution in [-0.2, 0) is 15.3 Å². The van der Waals surface area contributed by atoms with E-state index in [1.165, 1.54) is 12.1 Å². The lowest BCUT2D eigenvalue weighted by atomic mass is 9.97. The highest BCUT2D eigenvalue weighted by atomic mass is 32.2. The summed E-state index contributed by atoms with van der Waals surface area (Å²) >= 11 is 0. The van der Waals surface area contributed by atoms with E-state index < -0.39 is 9.84 Å². The molecule has 0 unspecified atom stereocenters. The highest BCUT2D eigenvalue weighted by molar-refractivity contribution is 7.90. The van der Waals surface area contributed by atoms with E-state index in [4.69, 9.17) is 0 Å². The SMILES string of the molecule is Cc1ccc(S(C)(=O)=O)cc1C(=O)Nc1ccc(C2(CO)CC2)cc1. The Morgan fingerprint density at radius 3 is 2.32 bits per heavy atom. The van der Waals surface area contributed by atoms with Gasteiger partial charge in [-0.2, -0.15) is 0 Å². The zero-order chi connectivity index (χ0) is 18.2. The average molecular weight is 359 g/mol. The highest BCUT2D eigenvalue weighted by Gasteiger charge is 2.43. The molecule has 0 spiro atoms. The summed E-state index contributed by atoms with van der Waals surface area (Å²) in [6.45, 7) is 1.90. The largest absolute Gasteiger partial charge is 0.395 e. The molecule has 0 saturated heterocycles. The molecule has 0 radical (unpaired) electrons. The van der Waals surface area contributed by atoms with Crippen molar-refractivity contribution in [1.82, 2.24) is 0 Å². The number of carbonyl (C=O) groups is 1. The number of rotatable bonds is 5. The molecular formula is C19H21NO4S. The molecule has 2 aromatic carbocycles. The van der Waals surface area contributed by atoms with Crippen LogP contribution in [0.15, 0.2) is 47.4 Å². The van der Waals surface area contributed by atoms with E-state index in [9.17, 15) is 18.3 Å². The van der Waals surface area contributed by atoms with Gasteiger partial charge in [0.05, 0.1) is 11.5 Å². The van der Waals surface area contributed by atoms with Crippen molar-refractivity contribution in [2.24, 2.45) is 0 Å². The van der Waals surface area contributed by atoms with Crippen LogP contribution in [-0.4, -0.2) is 32.3 Å². The van der Waals surface area contributed by atoms with Crippen LogP contribution in [0.1, 0.15) is 34.3 Å². The van der Waals surface area contributed by atoms with E-state index in [1.807, 2.05) is 12.1 Å². The van der Waals surface area contributed by atoms with Gasteiger partial charge in [0.2, 0.25) is 0 Å². The molecule has 0 aliphatic heterocycles. The first-order valence-electron chi connectivity index (χ1n) is 8.09. The first-order chi connectivity index (χ1) is 11.7. The van der Waals surface area contributed by atoms with Crippen molar-refractivity contribution in [1.29, 1.82) is 0 Å². The van der Waals surface area contributed by atoms with Crippen LogP contribution < -0.4 is 5.32 Å². The van der Waals surface area contributed by atoms with E-state index in [2.05, 4.69) is 5.32 Å². The third kappa shape index (κ3) is 3.60. The number of anilines is 1. The maximum atomic E-state index is 12.5. The molecule has 3 rings (SSSR count). The standard InChI is InChI=1S/C19H21NO4S/c1-13-3-8-16(25(2,23)24)11-17(13)18(22)20-15-6-4-14(5-7-15)19(12-21)9-10-19/h3-8,11,21H,9-10,12H2,1-2H3,(H,20,22). The highest BCUT2D eigenvalue weighted by Crippen LogP contribution is 2.47. The number of amides is 1. The van der Waals surface area contributed by atoms with Crippen LogP contribution in [0.3, 0.4) is 0 Å². The first-order valence-corrected chi connectivity index (χ1v) is 9.98. The van der Waals surface area contributed by atoms with Gasteiger partial charge >= 0.3 is 0 Å². The molecular weight excluding hydrogens is 338 g/mol. The van der Waals surface area contributed by atoms with Gasteiger partial charge in [-0.05, 0) is 55.2 Å². The lowest BCUT2D eigenvalue weighted by Crippen LogP contribution is -2.15. The quantitative estimate of drug-likeness (QED) is 0.860. The van der Waals surface area contributed by atoms with Crippen LogP contribution in [0.5, 0.6) is 0 Å². The van der Waals surface area contributed by atoms with Gasteiger partial charge in [0, 0.05) is 22.9 Å². The molecule has 25 heavy (non-hydrogen) atoms. The second kappa shape index (κ2) is 6.28. The van der Waals surface area contributed by atoms with Crippen molar-refractivity contribution in [2.75, 3.05) is 18.2 Å². The topological polar surface area (TPSA) is 83.5 Å². The number of nitrogens with one attached hydrogen (secondary N) is 1. The number of benzene rings is 2. The third-order valence-electron chi connectivity index (χ3n) is 4.79. The Hall–Kier alpha value is -2.18. The van der Waals surface area contributed by atoms with Crippen molar-refractivity contribution in [3.63, 3.8) is 0 Å². The minimum atomic E-state index is -3.37. The Morgan fingerprint density at radius 2 is 1.80 bits per heavy atom. The summed E-state index contributed by atoms with van der Waals surface area (Å²) in [6.07, 6.45) is 3.08. The van der Waals surface area contributed by atoms with Crippen molar-refractivity contribution < 1.29 is 18.3 Å². The number of sulfone groups is 1. The van der Waals surface area contributed by atoms with Crippen LogP contribution in [0, 0.1) is 6.92 Å². The smallest absolute Gasteiger partial charge is 0.255 e. The predicted molar refractivity (Wildman–Crippen MR) is 96.7 cm³/mol. The summed E-state index contributed by atoms with van der Waals surface area (Å²) in [4.78, 5) is 12.6. The van der Waals surface area contributed by atoms with Crippen LogP contribution >= 0.6 is 0 Å². The molecule has 2 N–H and O–H groups in total. The molecule has 0 atom stereocenters. The fourth-order valence-corrected chi connectivity index (χ4v) is 3.52. The number of aliphatic hydroxyl groups excluding tert-OH is 1. The molecule has 132 valence electrons. The molecule has 1 amide bonds. The summed E-state index contributed by atoms with van der Waals surface area (Å²) in [5.74, 6) is -0.348. The van der Waals surface area contributed by atoms with Crippen LogP contribution in [0.2, 0.25) is 0 Å².